The molecular formula is C12H19N3O. The van der Waals surface area contributed by atoms with Crippen LogP contribution in [0.4, 0.5) is 0 Å². The van der Waals surface area contributed by atoms with E-state index in [0.29, 0.717) is 0 Å². The van der Waals surface area contributed by atoms with E-state index in [1.165, 1.54) is 0 Å². The van der Waals surface area contributed by atoms with Crippen molar-refractivity contribution in [3.8, 4) is 5.75 Å². The highest BCUT2D eigenvalue weighted by Crippen LogP contribution is 2.06. The zero-order valence-electron chi connectivity index (χ0n) is 9.80. The summed E-state index contributed by atoms with van der Waals surface area (Å²) in [5.74, 6) is 0.858. The van der Waals surface area contributed by atoms with E-state index in [9.17, 15) is 0 Å². The zero-order valence-corrected chi connectivity index (χ0v) is 9.80. The van der Waals surface area contributed by atoms with E-state index >= 15 is 0 Å². The van der Waals surface area contributed by atoms with E-state index in [2.05, 4.69) is 21.8 Å². The summed E-state index contributed by atoms with van der Waals surface area (Å²) in [6.07, 6.45) is 3.51. The van der Waals surface area contributed by atoms with Gasteiger partial charge in [-0.15, -0.1) is 0 Å². The second-order valence-electron chi connectivity index (χ2n) is 4.18. The van der Waals surface area contributed by atoms with Gasteiger partial charge in [-0.25, -0.2) is 0 Å². The van der Waals surface area contributed by atoms with Crippen LogP contribution in [0.5, 0.6) is 5.75 Å². The molecule has 0 aromatic carbocycles. The molecule has 1 saturated heterocycles. The smallest absolute Gasteiger partial charge is 0.137 e. The Bertz CT molecular complexity index is 296. The van der Waals surface area contributed by atoms with Gasteiger partial charge >= 0.3 is 0 Å². The second-order valence-corrected chi connectivity index (χ2v) is 4.18. The molecule has 1 aliphatic heterocycles. The SMILES string of the molecule is CN1CCN(CCOc2cccnc2)CC1. The number of likely N-dealkylation sites (N-methyl/N-ethyl adjacent to an activating group) is 1. The molecule has 4 heteroatoms. The molecule has 0 aliphatic carbocycles. The van der Waals surface area contributed by atoms with E-state index < -0.39 is 0 Å². The Labute approximate surface area is 96.8 Å². The Hall–Kier alpha value is -1.13. The number of hydrogen-bond acceptors (Lipinski definition) is 4. The molecule has 1 aromatic heterocycles. The van der Waals surface area contributed by atoms with Gasteiger partial charge in [-0.1, -0.05) is 0 Å². The highest BCUT2D eigenvalue weighted by Gasteiger charge is 2.12. The monoisotopic (exact) mass is 221 g/mol. The van der Waals surface area contributed by atoms with Gasteiger partial charge in [0.05, 0.1) is 6.20 Å². The third-order valence-electron chi connectivity index (χ3n) is 2.91. The largest absolute Gasteiger partial charge is 0.491 e. The Balaban J connectivity index is 1.65. The standard InChI is InChI=1S/C12H19N3O/c1-14-5-7-15(8-6-14)9-10-16-12-3-2-4-13-11-12/h2-4,11H,5-10H2,1H3. The molecule has 16 heavy (non-hydrogen) atoms. The molecule has 1 aliphatic rings. The highest BCUT2D eigenvalue weighted by atomic mass is 16.5. The van der Waals surface area contributed by atoms with Crippen molar-refractivity contribution in [1.82, 2.24) is 14.8 Å². The molecule has 2 heterocycles. The summed E-state index contributed by atoms with van der Waals surface area (Å²) in [5.41, 5.74) is 0. The summed E-state index contributed by atoms with van der Waals surface area (Å²) < 4.78 is 5.62. The van der Waals surface area contributed by atoms with Crippen molar-refractivity contribution in [1.29, 1.82) is 0 Å². The molecule has 0 bridgehead atoms. The van der Waals surface area contributed by atoms with Crippen molar-refractivity contribution >= 4 is 0 Å². The molecule has 88 valence electrons. The molecular weight excluding hydrogens is 202 g/mol. The van der Waals surface area contributed by atoms with E-state index in [-0.39, 0.29) is 0 Å². The Morgan fingerprint density at radius 2 is 2.12 bits per heavy atom. The molecule has 0 N–H and O–H groups in total. The zero-order chi connectivity index (χ0) is 11.2. The summed E-state index contributed by atoms with van der Waals surface area (Å²) in [4.78, 5) is 8.82. The fraction of sp³-hybridized carbons (Fsp3) is 0.583. The van der Waals surface area contributed by atoms with Crippen LogP contribution >= 0.6 is 0 Å². The predicted molar refractivity (Wildman–Crippen MR) is 63.7 cm³/mol. The minimum absolute atomic E-state index is 0.745. The van der Waals surface area contributed by atoms with Gasteiger partial charge in [0.15, 0.2) is 0 Å². The van der Waals surface area contributed by atoms with E-state index in [1.807, 2.05) is 12.1 Å². The maximum atomic E-state index is 5.62. The van der Waals surface area contributed by atoms with Crippen LogP contribution in [0.3, 0.4) is 0 Å². The third-order valence-corrected chi connectivity index (χ3v) is 2.91. The molecule has 0 radical (unpaired) electrons. The van der Waals surface area contributed by atoms with Crippen molar-refractivity contribution in [2.45, 2.75) is 0 Å². The fourth-order valence-corrected chi connectivity index (χ4v) is 1.80. The topological polar surface area (TPSA) is 28.6 Å². The summed E-state index contributed by atoms with van der Waals surface area (Å²) in [6.45, 7) is 6.36. The first-order valence-corrected chi connectivity index (χ1v) is 5.78. The molecule has 4 nitrogen and oxygen atoms in total. The van der Waals surface area contributed by atoms with Crippen molar-refractivity contribution in [2.24, 2.45) is 0 Å². The summed E-state index contributed by atoms with van der Waals surface area (Å²) in [7, 11) is 2.17. The quantitative estimate of drug-likeness (QED) is 0.748. The van der Waals surface area contributed by atoms with Crippen LogP contribution in [0, 0.1) is 0 Å². The summed E-state index contributed by atoms with van der Waals surface area (Å²) >= 11 is 0. The first-order valence-electron chi connectivity index (χ1n) is 5.78. The molecule has 0 unspecified atom stereocenters. The van der Waals surface area contributed by atoms with Crippen LogP contribution in [0.1, 0.15) is 0 Å². The van der Waals surface area contributed by atoms with Crippen LogP contribution in [0.25, 0.3) is 0 Å². The third kappa shape index (κ3) is 3.47. The van der Waals surface area contributed by atoms with Gasteiger partial charge in [0.2, 0.25) is 0 Å². The van der Waals surface area contributed by atoms with Crippen molar-refractivity contribution < 1.29 is 4.74 Å². The minimum atomic E-state index is 0.745. The first kappa shape index (κ1) is 11.4. The average Bonchev–Trinajstić information content (AvgIpc) is 2.33. The summed E-state index contributed by atoms with van der Waals surface area (Å²) in [5, 5.41) is 0. The van der Waals surface area contributed by atoms with Gasteiger partial charge < -0.3 is 9.64 Å². The van der Waals surface area contributed by atoms with Crippen LogP contribution in [-0.2, 0) is 0 Å². The molecule has 1 aromatic rings. The van der Waals surface area contributed by atoms with E-state index in [1.54, 1.807) is 12.4 Å². The first-order chi connectivity index (χ1) is 7.84. The molecule has 0 spiro atoms. The van der Waals surface area contributed by atoms with E-state index in [4.69, 9.17) is 4.74 Å². The van der Waals surface area contributed by atoms with Crippen molar-refractivity contribution in [3.05, 3.63) is 24.5 Å². The number of nitrogens with zero attached hydrogens (tertiary/aromatic N) is 3. The van der Waals surface area contributed by atoms with Gasteiger partial charge in [-0.3, -0.25) is 9.88 Å². The lowest BCUT2D eigenvalue weighted by molar-refractivity contribution is 0.133. The maximum Gasteiger partial charge on any atom is 0.137 e. The predicted octanol–water partition coefficient (Wildman–Crippen LogP) is 0.708. The fourth-order valence-electron chi connectivity index (χ4n) is 1.80. The Morgan fingerprint density at radius 1 is 1.31 bits per heavy atom. The number of pyridine rings is 1. The molecule has 0 amide bonds. The maximum absolute atomic E-state index is 5.62. The molecule has 2 rings (SSSR count). The minimum Gasteiger partial charge on any atom is -0.491 e. The summed E-state index contributed by atoms with van der Waals surface area (Å²) in [6, 6.07) is 3.84. The number of aromatic nitrogens is 1. The number of rotatable bonds is 4. The van der Waals surface area contributed by atoms with Crippen LogP contribution in [0.2, 0.25) is 0 Å². The van der Waals surface area contributed by atoms with Gasteiger partial charge in [-0.2, -0.15) is 0 Å². The molecule has 0 saturated carbocycles. The van der Waals surface area contributed by atoms with Gasteiger partial charge in [0, 0.05) is 38.9 Å². The normalized spacial score (nSPS) is 18.6. The van der Waals surface area contributed by atoms with Crippen LogP contribution in [0.15, 0.2) is 24.5 Å². The Kier molecular flexibility index (Phi) is 4.13. The van der Waals surface area contributed by atoms with Crippen molar-refractivity contribution in [3.63, 3.8) is 0 Å². The van der Waals surface area contributed by atoms with Gasteiger partial charge in [-0.05, 0) is 19.2 Å². The number of hydrogen-bond donors (Lipinski definition) is 0. The highest BCUT2D eigenvalue weighted by molar-refractivity contribution is 5.15. The number of ether oxygens (including phenoxy) is 1. The van der Waals surface area contributed by atoms with Gasteiger partial charge in [0.25, 0.3) is 0 Å². The van der Waals surface area contributed by atoms with Crippen LogP contribution < -0.4 is 4.74 Å². The lowest BCUT2D eigenvalue weighted by atomic mass is 10.3. The lowest BCUT2D eigenvalue weighted by Gasteiger charge is -2.32. The van der Waals surface area contributed by atoms with Crippen molar-refractivity contribution in [2.75, 3.05) is 46.4 Å². The average molecular weight is 221 g/mol. The lowest BCUT2D eigenvalue weighted by Crippen LogP contribution is -2.45. The molecule has 0 atom stereocenters. The van der Waals surface area contributed by atoms with E-state index in [0.717, 1.165) is 45.1 Å². The molecule has 1 fully saturated rings. The van der Waals surface area contributed by atoms with Crippen LogP contribution in [-0.4, -0.2) is 61.2 Å². The number of piperazine rings is 1. The van der Waals surface area contributed by atoms with Gasteiger partial charge in [0.1, 0.15) is 12.4 Å². The Morgan fingerprint density at radius 3 is 2.81 bits per heavy atom. The second kappa shape index (κ2) is 5.82.